The molecule has 3 aromatic rings. The van der Waals surface area contributed by atoms with E-state index in [1.807, 2.05) is 12.1 Å². The summed E-state index contributed by atoms with van der Waals surface area (Å²) in [7, 11) is 1.69. The maximum Gasteiger partial charge on any atom is 0.326 e. The van der Waals surface area contributed by atoms with Crippen molar-refractivity contribution in [3.8, 4) is 0 Å². The molecule has 0 atom stereocenters. The maximum absolute atomic E-state index is 13.5. The first-order valence-corrected chi connectivity index (χ1v) is 7.38. The summed E-state index contributed by atoms with van der Waals surface area (Å²) in [5.74, 6) is -0.722. The Morgan fingerprint density at radius 3 is 2.88 bits per heavy atom. The number of aryl methyl sites for hydroxylation is 1. The van der Waals surface area contributed by atoms with Gasteiger partial charge in [0.05, 0.1) is 11.0 Å². The fourth-order valence-corrected chi connectivity index (χ4v) is 2.45. The first-order valence-electron chi connectivity index (χ1n) is 7.38. The molecule has 24 heavy (non-hydrogen) atoms. The van der Waals surface area contributed by atoms with Crippen LogP contribution in [0.1, 0.15) is 11.1 Å². The summed E-state index contributed by atoms with van der Waals surface area (Å²) >= 11 is 0. The molecule has 5 nitrogen and oxygen atoms in total. The fourth-order valence-electron chi connectivity index (χ4n) is 2.45. The van der Waals surface area contributed by atoms with Crippen LogP contribution in [0.2, 0.25) is 0 Å². The van der Waals surface area contributed by atoms with Crippen molar-refractivity contribution in [2.75, 3.05) is 5.32 Å². The summed E-state index contributed by atoms with van der Waals surface area (Å²) < 4.78 is 15.0. The van der Waals surface area contributed by atoms with Crippen molar-refractivity contribution >= 4 is 28.7 Å². The second-order valence-electron chi connectivity index (χ2n) is 5.50. The van der Waals surface area contributed by atoms with Crippen LogP contribution in [0.5, 0.6) is 0 Å². The number of carbonyl (C=O) groups is 1. The SMILES string of the molecule is Cc1c(F)cccc1NC(=O)/C=C/c1ccc2c(c1)[nH]c(=O)n2C. The summed E-state index contributed by atoms with van der Waals surface area (Å²) in [6.07, 6.45) is 3.00. The van der Waals surface area contributed by atoms with Gasteiger partial charge in [-0.2, -0.15) is 0 Å². The van der Waals surface area contributed by atoms with E-state index in [4.69, 9.17) is 0 Å². The van der Waals surface area contributed by atoms with E-state index in [9.17, 15) is 14.0 Å². The molecule has 0 fully saturated rings. The minimum absolute atomic E-state index is 0.189. The number of aromatic nitrogens is 2. The van der Waals surface area contributed by atoms with Gasteiger partial charge < -0.3 is 10.3 Å². The van der Waals surface area contributed by atoms with E-state index in [2.05, 4.69) is 10.3 Å². The van der Waals surface area contributed by atoms with Crippen LogP contribution < -0.4 is 11.0 Å². The summed E-state index contributed by atoms with van der Waals surface area (Å²) in [5.41, 5.74) is 2.90. The second kappa shape index (κ2) is 6.16. The number of halogens is 1. The molecule has 0 saturated carbocycles. The van der Waals surface area contributed by atoms with Crippen LogP contribution in [-0.2, 0) is 11.8 Å². The van der Waals surface area contributed by atoms with Crippen molar-refractivity contribution in [3.63, 3.8) is 0 Å². The summed E-state index contributed by atoms with van der Waals surface area (Å²) in [6, 6.07) is 9.94. The van der Waals surface area contributed by atoms with Gasteiger partial charge in [-0.25, -0.2) is 9.18 Å². The van der Waals surface area contributed by atoms with Gasteiger partial charge in [0, 0.05) is 24.4 Å². The number of nitrogens with one attached hydrogen (secondary N) is 2. The predicted octanol–water partition coefficient (Wildman–Crippen LogP) is 2.97. The molecule has 122 valence electrons. The molecule has 0 aliphatic rings. The Hall–Kier alpha value is -3.15. The molecular formula is C18H16FN3O2. The van der Waals surface area contributed by atoms with Gasteiger partial charge in [-0.1, -0.05) is 12.1 Å². The Morgan fingerprint density at radius 2 is 2.08 bits per heavy atom. The number of benzene rings is 2. The van der Waals surface area contributed by atoms with E-state index in [-0.39, 0.29) is 17.4 Å². The number of H-pyrrole nitrogens is 1. The molecule has 0 aliphatic carbocycles. The number of aromatic amines is 1. The highest BCUT2D eigenvalue weighted by molar-refractivity contribution is 6.02. The average molecular weight is 325 g/mol. The first kappa shape index (κ1) is 15.7. The van der Waals surface area contributed by atoms with Gasteiger partial charge in [-0.3, -0.25) is 9.36 Å². The van der Waals surface area contributed by atoms with E-state index in [0.717, 1.165) is 11.1 Å². The number of rotatable bonds is 3. The number of amides is 1. The Bertz CT molecular complexity index is 1010. The summed E-state index contributed by atoms with van der Waals surface area (Å²) in [4.78, 5) is 26.3. The number of nitrogens with zero attached hydrogens (tertiary/aromatic N) is 1. The zero-order valence-electron chi connectivity index (χ0n) is 13.3. The third-order valence-electron chi connectivity index (χ3n) is 3.88. The number of anilines is 1. The lowest BCUT2D eigenvalue weighted by atomic mass is 10.1. The molecule has 2 N–H and O–H groups in total. The lowest BCUT2D eigenvalue weighted by molar-refractivity contribution is -0.111. The molecule has 0 spiro atoms. The first-order chi connectivity index (χ1) is 11.5. The Balaban J connectivity index is 1.79. The molecule has 0 radical (unpaired) electrons. The molecule has 1 heterocycles. The fraction of sp³-hybridized carbons (Fsp3) is 0.111. The molecule has 0 bridgehead atoms. The van der Waals surface area contributed by atoms with Gasteiger partial charge in [0.1, 0.15) is 5.82 Å². The van der Waals surface area contributed by atoms with Crippen molar-refractivity contribution in [1.82, 2.24) is 9.55 Å². The zero-order chi connectivity index (χ0) is 17.3. The van der Waals surface area contributed by atoms with E-state index in [1.54, 1.807) is 38.2 Å². The van der Waals surface area contributed by atoms with Gasteiger partial charge in [-0.05, 0) is 42.8 Å². The van der Waals surface area contributed by atoms with E-state index < -0.39 is 0 Å². The molecule has 0 saturated heterocycles. The molecule has 1 amide bonds. The van der Waals surface area contributed by atoms with Crippen molar-refractivity contribution in [2.24, 2.45) is 7.05 Å². The molecular weight excluding hydrogens is 309 g/mol. The van der Waals surface area contributed by atoms with Crippen LogP contribution >= 0.6 is 0 Å². The van der Waals surface area contributed by atoms with Crippen molar-refractivity contribution in [2.45, 2.75) is 6.92 Å². The number of hydrogen-bond donors (Lipinski definition) is 2. The van der Waals surface area contributed by atoms with Crippen LogP contribution in [0.3, 0.4) is 0 Å². The van der Waals surface area contributed by atoms with Crippen molar-refractivity contribution < 1.29 is 9.18 Å². The quantitative estimate of drug-likeness (QED) is 0.727. The zero-order valence-corrected chi connectivity index (χ0v) is 13.3. The monoisotopic (exact) mass is 325 g/mol. The van der Waals surface area contributed by atoms with Crippen LogP contribution in [0.25, 0.3) is 17.1 Å². The molecule has 0 aliphatic heterocycles. The summed E-state index contributed by atoms with van der Waals surface area (Å²) in [6.45, 7) is 1.61. The molecule has 2 aromatic carbocycles. The van der Waals surface area contributed by atoms with Crippen molar-refractivity contribution in [1.29, 1.82) is 0 Å². The third-order valence-corrected chi connectivity index (χ3v) is 3.88. The van der Waals surface area contributed by atoms with Crippen LogP contribution in [-0.4, -0.2) is 15.5 Å². The Kier molecular flexibility index (Phi) is 4.04. The molecule has 1 aromatic heterocycles. The minimum Gasteiger partial charge on any atom is -0.322 e. The number of hydrogen-bond acceptors (Lipinski definition) is 2. The average Bonchev–Trinajstić information content (AvgIpc) is 2.84. The molecule has 3 rings (SSSR count). The molecule has 6 heteroatoms. The van der Waals surface area contributed by atoms with Gasteiger partial charge >= 0.3 is 5.69 Å². The highest BCUT2D eigenvalue weighted by atomic mass is 19.1. The highest BCUT2D eigenvalue weighted by Crippen LogP contribution is 2.17. The van der Waals surface area contributed by atoms with E-state index >= 15 is 0 Å². The Morgan fingerprint density at radius 1 is 1.29 bits per heavy atom. The van der Waals surface area contributed by atoms with Crippen LogP contribution in [0.4, 0.5) is 10.1 Å². The number of imidazole rings is 1. The number of carbonyl (C=O) groups excluding carboxylic acids is 1. The van der Waals surface area contributed by atoms with Gasteiger partial charge in [0.2, 0.25) is 5.91 Å². The van der Waals surface area contributed by atoms with Gasteiger partial charge in [-0.15, -0.1) is 0 Å². The standard InChI is InChI=1S/C18H16FN3O2/c1-11-13(19)4-3-5-14(11)20-17(23)9-7-12-6-8-16-15(10-12)21-18(24)22(16)2/h3-10H,1-2H3,(H,20,23)(H,21,24)/b9-7+. The Labute approximate surface area is 137 Å². The largest absolute Gasteiger partial charge is 0.326 e. The van der Waals surface area contributed by atoms with Crippen LogP contribution in [0, 0.1) is 12.7 Å². The lowest BCUT2D eigenvalue weighted by Crippen LogP contribution is -2.11. The van der Waals surface area contributed by atoms with E-state index in [1.165, 1.54) is 16.7 Å². The summed E-state index contributed by atoms with van der Waals surface area (Å²) in [5, 5.41) is 2.64. The smallest absolute Gasteiger partial charge is 0.322 e. The van der Waals surface area contributed by atoms with E-state index in [0.29, 0.717) is 16.8 Å². The normalized spacial score (nSPS) is 11.3. The second-order valence-corrected chi connectivity index (χ2v) is 5.50. The number of fused-ring (bicyclic) bond motifs is 1. The van der Waals surface area contributed by atoms with Crippen molar-refractivity contribution in [3.05, 3.63) is 69.9 Å². The lowest BCUT2D eigenvalue weighted by Gasteiger charge is -2.06. The topological polar surface area (TPSA) is 66.9 Å². The predicted molar refractivity (Wildman–Crippen MR) is 92.3 cm³/mol. The third kappa shape index (κ3) is 2.99. The van der Waals surface area contributed by atoms with Crippen LogP contribution in [0.15, 0.2) is 47.3 Å². The highest BCUT2D eigenvalue weighted by Gasteiger charge is 2.06. The minimum atomic E-state index is -0.365. The molecule has 0 unspecified atom stereocenters. The van der Waals surface area contributed by atoms with Gasteiger partial charge in [0.15, 0.2) is 0 Å². The van der Waals surface area contributed by atoms with Gasteiger partial charge in [0.25, 0.3) is 0 Å². The maximum atomic E-state index is 13.5.